The van der Waals surface area contributed by atoms with Crippen molar-refractivity contribution in [2.75, 3.05) is 0 Å². The number of carboxylic acid groups (broad SMARTS) is 1. The van der Waals surface area contributed by atoms with Gasteiger partial charge in [0.25, 0.3) is 5.95 Å². The Morgan fingerprint density at radius 1 is 1.15 bits per heavy atom. The second kappa shape index (κ2) is 5.63. The molecule has 2 N–H and O–H groups in total. The molecule has 1 atom stereocenters. The van der Waals surface area contributed by atoms with E-state index < -0.39 is 5.97 Å². The third-order valence-corrected chi connectivity index (χ3v) is 4.85. The fourth-order valence-electron chi connectivity index (χ4n) is 3.60. The average molecular weight is 362 g/mol. The maximum Gasteiger partial charge on any atom is 0.338 e. The van der Waals surface area contributed by atoms with Crippen molar-refractivity contribution in [2.45, 2.75) is 18.9 Å². The molecule has 0 spiro atoms. The molecule has 134 valence electrons. The van der Waals surface area contributed by atoms with Crippen molar-refractivity contribution in [3.63, 3.8) is 0 Å². The van der Waals surface area contributed by atoms with Crippen LogP contribution in [0.4, 0.5) is 0 Å². The van der Waals surface area contributed by atoms with Crippen molar-refractivity contribution in [3.05, 3.63) is 59.5 Å². The summed E-state index contributed by atoms with van der Waals surface area (Å²) in [5.41, 5.74) is 3.39. The van der Waals surface area contributed by atoms with Gasteiger partial charge in [-0.3, -0.25) is 4.68 Å². The van der Waals surface area contributed by atoms with Crippen LogP contribution in [0.15, 0.2) is 42.9 Å². The molecule has 0 bridgehead atoms. The number of rotatable bonds is 3. The molecule has 0 aliphatic heterocycles. The van der Waals surface area contributed by atoms with Crippen molar-refractivity contribution < 1.29 is 15.0 Å². The average Bonchev–Trinajstić information content (AvgIpc) is 3.38. The number of benzene rings is 1. The summed E-state index contributed by atoms with van der Waals surface area (Å²) in [5, 5.41) is 27.9. The number of fused-ring (bicyclic) bond motifs is 2. The Morgan fingerprint density at radius 3 is 2.81 bits per heavy atom. The van der Waals surface area contributed by atoms with Gasteiger partial charge in [-0.05, 0) is 24.0 Å². The largest absolute Gasteiger partial charge is 0.492 e. The molecule has 27 heavy (non-hydrogen) atoms. The predicted octanol–water partition coefficient (Wildman–Crippen LogP) is 1.95. The Bertz CT molecular complexity index is 1200. The van der Waals surface area contributed by atoms with Crippen molar-refractivity contribution >= 4 is 17.0 Å². The molecule has 1 aliphatic carbocycles. The quantitative estimate of drug-likeness (QED) is 0.572. The van der Waals surface area contributed by atoms with Gasteiger partial charge in [0.1, 0.15) is 11.0 Å². The maximum atomic E-state index is 11.0. The van der Waals surface area contributed by atoms with Gasteiger partial charge < -0.3 is 10.2 Å². The lowest BCUT2D eigenvalue weighted by atomic mass is 10.1. The Morgan fingerprint density at radius 2 is 2.00 bits per heavy atom. The smallest absolute Gasteiger partial charge is 0.338 e. The second-order valence-corrected chi connectivity index (χ2v) is 6.40. The predicted molar refractivity (Wildman–Crippen MR) is 94.0 cm³/mol. The van der Waals surface area contributed by atoms with Gasteiger partial charge in [0.05, 0.1) is 24.0 Å². The molecule has 1 aromatic carbocycles. The second-order valence-electron chi connectivity index (χ2n) is 6.40. The van der Waals surface area contributed by atoms with Crippen LogP contribution in [0.3, 0.4) is 0 Å². The number of aromatic carboxylic acids is 1. The SMILES string of the molecule is O=C(O)c1cnn(-c2nc(O)c3c(cnn3[C@@H]3CCc4ccccc43)n2)c1. The number of carboxylic acids is 1. The third kappa shape index (κ3) is 2.35. The van der Waals surface area contributed by atoms with Gasteiger partial charge in [0, 0.05) is 6.20 Å². The van der Waals surface area contributed by atoms with E-state index in [9.17, 15) is 9.90 Å². The summed E-state index contributed by atoms with van der Waals surface area (Å²) >= 11 is 0. The van der Waals surface area contributed by atoms with Crippen LogP contribution in [0.5, 0.6) is 5.88 Å². The van der Waals surface area contributed by atoms with Gasteiger partial charge in [0.15, 0.2) is 0 Å². The van der Waals surface area contributed by atoms with E-state index in [1.165, 1.54) is 28.2 Å². The van der Waals surface area contributed by atoms with Crippen LogP contribution in [-0.2, 0) is 6.42 Å². The number of hydrogen-bond donors (Lipinski definition) is 2. The molecule has 1 aliphatic rings. The summed E-state index contributed by atoms with van der Waals surface area (Å²) in [6.45, 7) is 0. The zero-order valence-corrected chi connectivity index (χ0v) is 14.0. The minimum absolute atomic E-state index is 0.0106. The summed E-state index contributed by atoms with van der Waals surface area (Å²) in [5.74, 6) is -1.23. The van der Waals surface area contributed by atoms with Crippen LogP contribution in [0, 0.1) is 0 Å². The fraction of sp³-hybridized carbons (Fsp3) is 0.167. The number of aromatic nitrogens is 6. The maximum absolute atomic E-state index is 11.0. The molecular weight excluding hydrogens is 348 g/mol. The third-order valence-electron chi connectivity index (χ3n) is 4.85. The number of carbonyl (C=O) groups is 1. The summed E-state index contributed by atoms with van der Waals surface area (Å²) in [6.07, 6.45) is 5.90. The zero-order valence-electron chi connectivity index (χ0n) is 14.0. The normalized spacial score (nSPS) is 15.9. The van der Waals surface area contributed by atoms with E-state index in [4.69, 9.17) is 5.11 Å². The summed E-state index contributed by atoms with van der Waals surface area (Å²) in [6, 6.07) is 8.21. The minimum Gasteiger partial charge on any atom is -0.492 e. The highest BCUT2D eigenvalue weighted by Gasteiger charge is 2.27. The van der Waals surface area contributed by atoms with Gasteiger partial charge in [-0.15, -0.1) is 0 Å². The first-order valence-corrected chi connectivity index (χ1v) is 8.42. The highest BCUT2D eigenvalue weighted by Crippen LogP contribution is 2.36. The topological polar surface area (TPSA) is 119 Å². The molecule has 0 saturated heterocycles. The van der Waals surface area contributed by atoms with Crippen LogP contribution in [-0.4, -0.2) is 45.7 Å². The van der Waals surface area contributed by atoms with Crippen molar-refractivity contribution in [2.24, 2.45) is 0 Å². The zero-order chi connectivity index (χ0) is 18.5. The minimum atomic E-state index is -1.10. The lowest BCUT2D eigenvalue weighted by Crippen LogP contribution is -2.10. The molecule has 0 unspecified atom stereocenters. The van der Waals surface area contributed by atoms with E-state index in [0.29, 0.717) is 11.0 Å². The molecule has 9 heteroatoms. The molecule has 0 amide bonds. The van der Waals surface area contributed by atoms with Gasteiger partial charge >= 0.3 is 5.97 Å². The van der Waals surface area contributed by atoms with Crippen molar-refractivity contribution in [3.8, 4) is 11.8 Å². The van der Waals surface area contributed by atoms with E-state index in [1.54, 1.807) is 10.9 Å². The molecule has 0 fully saturated rings. The summed E-state index contributed by atoms with van der Waals surface area (Å²) in [7, 11) is 0. The van der Waals surface area contributed by atoms with Crippen LogP contribution >= 0.6 is 0 Å². The lowest BCUT2D eigenvalue weighted by Gasteiger charge is -2.14. The molecule has 0 saturated carbocycles. The van der Waals surface area contributed by atoms with Crippen LogP contribution < -0.4 is 0 Å². The van der Waals surface area contributed by atoms with Gasteiger partial charge in [-0.1, -0.05) is 24.3 Å². The molecule has 3 heterocycles. The number of hydrogen-bond acceptors (Lipinski definition) is 6. The standard InChI is InChI=1S/C18H14N6O3/c25-16-15-13(21-18(22-16)23-9-11(7-19-23)17(26)27)8-20-24(15)14-6-5-10-3-1-2-4-12(10)14/h1-4,7-9,14H,5-6H2,(H,26,27)(H,21,22,25)/t14-/m1/s1. The lowest BCUT2D eigenvalue weighted by molar-refractivity contribution is 0.0697. The number of aryl methyl sites for hydroxylation is 1. The summed E-state index contributed by atoms with van der Waals surface area (Å²) in [4.78, 5) is 19.5. The molecule has 3 aromatic heterocycles. The van der Waals surface area contributed by atoms with Crippen molar-refractivity contribution in [1.29, 1.82) is 0 Å². The Hall–Kier alpha value is -3.75. The molecule has 4 aromatic rings. The Balaban J connectivity index is 1.61. The highest BCUT2D eigenvalue weighted by molar-refractivity contribution is 5.87. The van der Waals surface area contributed by atoms with E-state index in [2.05, 4.69) is 32.3 Å². The monoisotopic (exact) mass is 362 g/mol. The van der Waals surface area contributed by atoms with Crippen LogP contribution in [0.2, 0.25) is 0 Å². The fourth-order valence-corrected chi connectivity index (χ4v) is 3.60. The van der Waals surface area contributed by atoms with Gasteiger partial charge in [0.2, 0.25) is 5.88 Å². The molecule has 5 rings (SSSR count). The first-order chi connectivity index (χ1) is 13.1. The first-order valence-electron chi connectivity index (χ1n) is 8.42. The Kier molecular flexibility index (Phi) is 3.23. The highest BCUT2D eigenvalue weighted by atomic mass is 16.4. The molecule has 0 radical (unpaired) electrons. The van der Waals surface area contributed by atoms with E-state index >= 15 is 0 Å². The first kappa shape index (κ1) is 15.5. The van der Waals surface area contributed by atoms with Crippen LogP contribution in [0.1, 0.15) is 33.9 Å². The van der Waals surface area contributed by atoms with Gasteiger partial charge in [-0.2, -0.15) is 15.2 Å². The Labute approximate surface area is 152 Å². The summed E-state index contributed by atoms with van der Waals surface area (Å²) < 4.78 is 2.97. The van der Waals surface area contributed by atoms with Crippen molar-refractivity contribution in [1.82, 2.24) is 29.5 Å². The van der Waals surface area contributed by atoms with E-state index in [-0.39, 0.29) is 23.4 Å². The molecule has 9 nitrogen and oxygen atoms in total. The molecular formula is C18H14N6O3. The van der Waals surface area contributed by atoms with Gasteiger partial charge in [-0.25, -0.2) is 14.5 Å². The van der Waals surface area contributed by atoms with E-state index in [0.717, 1.165) is 12.8 Å². The number of aromatic hydroxyl groups is 1. The van der Waals surface area contributed by atoms with Crippen LogP contribution in [0.25, 0.3) is 17.0 Å². The number of nitrogens with zero attached hydrogens (tertiary/aromatic N) is 6. The van der Waals surface area contributed by atoms with E-state index in [1.807, 2.05) is 12.1 Å².